The van der Waals surface area contributed by atoms with Crippen molar-refractivity contribution in [1.82, 2.24) is 9.21 Å². The van der Waals surface area contributed by atoms with Gasteiger partial charge in [-0.2, -0.15) is 4.31 Å². The first kappa shape index (κ1) is 22.9. The first-order valence-electron chi connectivity index (χ1n) is 10.6. The SMILES string of the molecule is COC(=O)c1c(S(=O)(=O)N2CCCCCC2)sc2c1CCN(C(=O)c1cccc(F)c1)C2. The van der Waals surface area contributed by atoms with Gasteiger partial charge in [0.1, 0.15) is 10.0 Å². The third-order valence-corrected chi connectivity index (χ3v) is 9.52. The summed E-state index contributed by atoms with van der Waals surface area (Å²) in [7, 11) is -2.63. The second-order valence-electron chi connectivity index (χ2n) is 7.96. The maximum absolute atomic E-state index is 13.6. The van der Waals surface area contributed by atoms with Crippen molar-refractivity contribution in [2.45, 2.75) is 42.9 Å². The first-order chi connectivity index (χ1) is 15.3. The summed E-state index contributed by atoms with van der Waals surface area (Å²) in [6.07, 6.45) is 3.86. The Kier molecular flexibility index (Phi) is 6.64. The lowest BCUT2D eigenvalue weighted by atomic mass is 10.0. The number of halogens is 1. The Balaban J connectivity index is 1.69. The van der Waals surface area contributed by atoms with Crippen molar-refractivity contribution in [3.05, 3.63) is 51.7 Å². The smallest absolute Gasteiger partial charge is 0.340 e. The molecule has 2 aliphatic rings. The number of hydrogen-bond donors (Lipinski definition) is 0. The number of carbonyl (C=O) groups is 2. The number of carbonyl (C=O) groups excluding carboxylic acids is 2. The summed E-state index contributed by atoms with van der Waals surface area (Å²) in [6, 6.07) is 5.48. The van der Waals surface area contributed by atoms with Gasteiger partial charge < -0.3 is 9.64 Å². The maximum Gasteiger partial charge on any atom is 0.340 e. The predicted molar refractivity (Wildman–Crippen MR) is 118 cm³/mol. The Labute approximate surface area is 190 Å². The highest BCUT2D eigenvalue weighted by atomic mass is 32.2. The van der Waals surface area contributed by atoms with Gasteiger partial charge >= 0.3 is 5.97 Å². The molecule has 0 bridgehead atoms. The molecule has 3 heterocycles. The van der Waals surface area contributed by atoms with Crippen LogP contribution < -0.4 is 0 Å². The van der Waals surface area contributed by atoms with Crippen molar-refractivity contribution in [2.24, 2.45) is 0 Å². The highest BCUT2D eigenvalue weighted by Crippen LogP contribution is 2.38. The Hall–Kier alpha value is -2.30. The van der Waals surface area contributed by atoms with Gasteiger partial charge in [0.2, 0.25) is 0 Å². The van der Waals surface area contributed by atoms with E-state index in [-0.39, 0.29) is 27.8 Å². The minimum atomic E-state index is -3.86. The van der Waals surface area contributed by atoms with Crippen LogP contribution in [-0.4, -0.2) is 56.2 Å². The van der Waals surface area contributed by atoms with Crippen molar-refractivity contribution in [1.29, 1.82) is 0 Å². The van der Waals surface area contributed by atoms with Gasteiger partial charge in [-0.05, 0) is 43.0 Å². The third-order valence-electron chi connectivity index (χ3n) is 5.91. The zero-order valence-electron chi connectivity index (χ0n) is 17.8. The van der Waals surface area contributed by atoms with E-state index in [1.165, 1.54) is 29.6 Å². The molecule has 1 aromatic heterocycles. The average molecular weight is 481 g/mol. The zero-order chi connectivity index (χ0) is 22.9. The van der Waals surface area contributed by atoms with Crippen molar-refractivity contribution in [2.75, 3.05) is 26.7 Å². The summed E-state index contributed by atoms with van der Waals surface area (Å²) >= 11 is 1.03. The van der Waals surface area contributed by atoms with Crippen LogP contribution in [0.1, 0.15) is 56.8 Å². The van der Waals surface area contributed by atoms with E-state index < -0.39 is 21.8 Å². The summed E-state index contributed by atoms with van der Waals surface area (Å²) in [5, 5.41) is 0. The molecule has 0 saturated carbocycles. The van der Waals surface area contributed by atoms with Crippen molar-refractivity contribution in [3.8, 4) is 0 Å². The summed E-state index contributed by atoms with van der Waals surface area (Å²) in [5.74, 6) is -1.51. The quantitative estimate of drug-likeness (QED) is 0.626. The van der Waals surface area contributed by atoms with Gasteiger partial charge in [0.05, 0.1) is 19.2 Å². The van der Waals surface area contributed by atoms with Crippen LogP contribution in [0.15, 0.2) is 28.5 Å². The Morgan fingerprint density at radius 1 is 1.09 bits per heavy atom. The fraction of sp³-hybridized carbons (Fsp3) is 0.455. The van der Waals surface area contributed by atoms with E-state index in [1.54, 1.807) is 11.0 Å². The largest absolute Gasteiger partial charge is 0.465 e. The van der Waals surface area contributed by atoms with Crippen LogP contribution in [0, 0.1) is 5.82 Å². The van der Waals surface area contributed by atoms with E-state index in [9.17, 15) is 22.4 Å². The molecular weight excluding hydrogens is 455 g/mol. The van der Waals surface area contributed by atoms with Gasteiger partial charge in [-0.1, -0.05) is 18.9 Å². The van der Waals surface area contributed by atoms with Gasteiger partial charge in [0, 0.05) is 30.1 Å². The second-order valence-corrected chi connectivity index (χ2v) is 11.2. The molecule has 32 heavy (non-hydrogen) atoms. The maximum atomic E-state index is 13.6. The molecule has 0 unspecified atom stereocenters. The minimum Gasteiger partial charge on any atom is -0.465 e. The Morgan fingerprint density at radius 3 is 2.47 bits per heavy atom. The number of ether oxygens (including phenoxy) is 1. The Bertz CT molecular complexity index is 1140. The molecule has 1 aromatic carbocycles. The molecule has 4 rings (SSSR count). The van der Waals surface area contributed by atoms with Crippen molar-refractivity contribution < 1.29 is 27.1 Å². The number of hydrogen-bond acceptors (Lipinski definition) is 6. The van der Waals surface area contributed by atoms with Crippen molar-refractivity contribution in [3.63, 3.8) is 0 Å². The van der Waals surface area contributed by atoms with Crippen LogP contribution in [-0.2, 0) is 27.7 Å². The number of methoxy groups -OCH3 is 1. The lowest BCUT2D eigenvalue weighted by molar-refractivity contribution is 0.0595. The highest BCUT2D eigenvalue weighted by molar-refractivity contribution is 7.91. The molecule has 1 fully saturated rings. The van der Waals surface area contributed by atoms with E-state index >= 15 is 0 Å². The second kappa shape index (κ2) is 9.29. The molecule has 172 valence electrons. The summed E-state index contributed by atoms with van der Waals surface area (Å²) < 4.78 is 46.9. The molecule has 7 nitrogen and oxygen atoms in total. The lowest BCUT2D eigenvalue weighted by Gasteiger charge is -2.27. The average Bonchev–Trinajstić information content (AvgIpc) is 2.96. The number of nitrogens with zero attached hydrogens (tertiary/aromatic N) is 2. The molecule has 0 spiro atoms. The fourth-order valence-electron chi connectivity index (χ4n) is 4.25. The zero-order valence-corrected chi connectivity index (χ0v) is 19.4. The topological polar surface area (TPSA) is 84.0 Å². The summed E-state index contributed by atoms with van der Waals surface area (Å²) in [6.45, 7) is 1.31. The van der Waals surface area contributed by atoms with E-state index in [4.69, 9.17) is 4.74 Å². The molecule has 1 amide bonds. The summed E-state index contributed by atoms with van der Waals surface area (Å²) in [5.41, 5.74) is 0.948. The van der Waals surface area contributed by atoms with Gasteiger partial charge in [-0.25, -0.2) is 17.6 Å². The predicted octanol–water partition coefficient (Wildman–Crippen LogP) is 3.44. The number of amides is 1. The third kappa shape index (κ3) is 4.31. The molecule has 0 N–H and O–H groups in total. The van der Waals surface area contributed by atoms with Crippen LogP contribution in [0.3, 0.4) is 0 Å². The molecule has 2 aromatic rings. The van der Waals surface area contributed by atoms with E-state index in [0.29, 0.717) is 36.5 Å². The minimum absolute atomic E-state index is 0.00342. The number of esters is 1. The molecule has 2 aliphatic heterocycles. The van der Waals surface area contributed by atoms with Crippen LogP contribution >= 0.6 is 11.3 Å². The van der Waals surface area contributed by atoms with E-state index in [1.807, 2.05) is 0 Å². The monoisotopic (exact) mass is 480 g/mol. The number of thiophene rings is 1. The molecule has 0 radical (unpaired) electrons. The Morgan fingerprint density at radius 2 is 1.81 bits per heavy atom. The van der Waals surface area contributed by atoms with Gasteiger partial charge in [-0.3, -0.25) is 4.79 Å². The standard InChI is InChI=1S/C22H25FN2O5S2/c1-30-21(27)19-17-9-12-24(20(26)15-7-6-8-16(23)13-15)14-18(17)31-22(19)32(28,29)25-10-4-2-3-5-11-25/h6-8,13H,2-5,9-12,14H2,1H3. The lowest BCUT2D eigenvalue weighted by Crippen LogP contribution is -2.35. The number of fused-ring (bicyclic) bond motifs is 1. The molecule has 0 aliphatic carbocycles. The van der Waals surface area contributed by atoms with Crippen LogP contribution in [0.2, 0.25) is 0 Å². The van der Waals surface area contributed by atoms with Crippen LogP contribution in [0.5, 0.6) is 0 Å². The first-order valence-corrected chi connectivity index (χ1v) is 12.9. The molecule has 10 heteroatoms. The number of rotatable bonds is 4. The van der Waals surface area contributed by atoms with Crippen molar-refractivity contribution >= 4 is 33.2 Å². The van der Waals surface area contributed by atoms with Crippen LogP contribution in [0.25, 0.3) is 0 Å². The normalized spacial score (nSPS) is 17.5. The number of sulfonamides is 1. The highest BCUT2D eigenvalue weighted by Gasteiger charge is 2.37. The molecule has 0 atom stereocenters. The summed E-state index contributed by atoms with van der Waals surface area (Å²) in [4.78, 5) is 27.7. The van der Waals surface area contributed by atoms with Gasteiger partial charge in [0.15, 0.2) is 0 Å². The van der Waals surface area contributed by atoms with Gasteiger partial charge in [0.25, 0.3) is 15.9 Å². The number of benzene rings is 1. The van der Waals surface area contributed by atoms with Gasteiger partial charge in [-0.15, -0.1) is 11.3 Å². The van der Waals surface area contributed by atoms with E-state index in [0.717, 1.165) is 37.0 Å². The van der Waals surface area contributed by atoms with E-state index in [2.05, 4.69) is 0 Å². The van der Waals surface area contributed by atoms with Crippen LogP contribution in [0.4, 0.5) is 4.39 Å². The molecule has 1 saturated heterocycles. The molecular formula is C22H25FN2O5S2. The fourth-order valence-corrected chi connectivity index (χ4v) is 7.80.